The fourth-order valence-electron chi connectivity index (χ4n) is 1.35. The van der Waals surface area contributed by atoms with Crippen molar-refractivity contribution in [1.82, 2.24) is 0 Å². The fourth-order valence-corrected chi connectivity index (χ4v) is 1.35. The second kappa shape index (κ2) is 5.50. The maximum absolute atomic E-state index is 13.5. The van der Waals surface area contributed by atoms with Crippen LogP contribution < -0.4 is 0 Å². The fraction of sp³-hybridized carbons (Fsp3) is 1.00. The lowest BCUT2D eigenvalue weighted by Gasteiger charge is -2.36. The van der Waals surface area contributed by atoms with Crippen molar-refractivity contribution in [3.05, 3.63) is 20.9 Å². The first kappa shape index (κ1) is 12.5. The number of hydrogen-bond donors (Lipinski definition) is 2. The molecule has 1 fully saturated rings. The van der Waals surface area contributed by atoms with Crippen molar-refractivity contribution in [2.24, 2.45) is 10.2 Å². The van der Waals surface area contributed by atoms with Crippen LogP contribution in [0, 0.1) is 0 Å². The number of ether oxygens (including phenoxy) is 1. The Bertz CT molecular complexity index is 339. The highest BCUT2D eigenvalue weighted by Gasteiger charge is 2.44. The Kier molecular flexibility index (Phi) is 4.29. The Morgan fingerprint density at radius 1 is 1.31 bits per heavy atom. The van der Waals surface area contributed by atoms with E-state index in [0.717, 1.165) is 0 Å². The molecule has 0 saturated carbocycles. The van der Waals surface area contributed by atoms with Gasteiger partial charge in [-0.05, 0) is 11.1 Å². The van der Waals surface area contributed by atoms with Gasteiger partial charge in [-0.2, -0.15) is 0 Å². The maximum atomic E-state index is 13.5. The summed E-state index contributed by atoms with van der Waals surface area (Å²) in [6.45, 7) is -0.321. The average Bonchev–Trinajstić information content (AvgIpc) is 2.27. The summed E-state index contributed by atoms with van der Waals surface area (Å²) in [6.07, 6.45) is -6.43. The van der Waals surface area contributed by atoms with E-state index in [9.17, 15) is 14.6 Å². The van der Waals surface area contributed by atoms with Crippen LogP contribution in [0.2, 0.25) is 0 Å². The van der Waals surface area contributed by atoms with Crippen molar-refractivity contribution in [1.29, 1.82) is 0 Å². The molecule has 1 aliphatic heterocycles. The third-order valence-corrected chi connectivity index (χ3v) is 2.15. The van der Waals surface area contributed by atoms with Gasteiger partial charge in [0, 0.05) is 9.82 Å². The molecule has 2 N–H and O–H groups in total. The van der Waals surface area contributed by atoms with E-state index < -0.39 is 30.7 Å². The van der Waals surface area contributed by atoms with Gasteiger partial charge in [-0.3, -0.25) is 0 Å². The summed E-state index contributed by atoms with van der Waals surface area (Å²) in [7, 11) is 0. The molecule has 0 aromatic rings. The Morgan fingerprint density at radius 3 is 2.56 bits per heavy atom. The molecule has 0 aromatic carbocycles. The van der Waals surface area contributed by atoms with E-state index in [1.165, 1.54) is 0 Å². The number of alkyl halides is 1. The highest BCUT2D eigenvalue weighted by Crippen LogP contribution is 2.25. The quantitative estimate of drug-likeness (QED) is 0.411. The highest BCUT2D eigenvalue weighted by molar-refractivity contribution is 4.94. The van der Waals surface area contributed by atoms with Crippen molar-refractivity contribution in [3.63, 3.8) is 0 Å². The van der Waals surface area contributed by atoms with Crippen molar-refractivity contribution in [2.75, 3.05) is 6.54 Å². The van der Waals surface area contributed by atoms with Crippen LogP contribution >= 0.6 is 0 Å². The molecule has 1 heterocycles. The van der Waals surface area contributed by atoms with E-state index in [4.69, 9.17) is 15.8 Å². The minimum absolute atomic E-state index is 0.321. The molecule has 1 saturated heterocycles. The smallest absolute Gasteiger partial charge is 0.166 e. The summed E-state index contributed by atoms with van der Waals surface area (Å²) in [6, 6.07) is -1.51. The zero-order valence-corrected chi connectivity index (χ0v) is 7.96. The standard InChI is InChI=1S/C6H9FN6O3/c7-3-4(11-13-9)6(15)16-2(5(3)14)1-10-12-8/h2-6,14-15H,1H2/t2-,3-,4?,5+,6?/m1/s1. The first-order valence-electron chi connectivity index (χ1n) is 4.32. The molecule has 10 heteroatoms. The molecule has 0 bridgehead atoms. The van der Waals surface area contributed by atoms with Gasteiger partial charge in [0.2, 0.25) is 0 Å². The summed E-state index contributed by atoms with van der Waals surface area (Å²) in [5.74, 6) is 0. The van der Waals surface area contributed by atoms with Gasteiger partial charge in [0.05, 0.1) is 12.6 Å². The van der Waals surface area contributed by atoms with E-state index in [0.29, 0.717) is 0 Å². The molecule has 9 nitrogen and oxygen atoms in total. The molecule has 5 atom stereocenters. The Balaban J connectivity index is 2.77. The van der Waals surface area contributed by atoms with Gasteiger partial charge in [0.25, 0.3) is 0 Å². The van der Waals surface area contributed by atoms with E-state index in [1.54, 1.807) is 0 Å². The van der Waals surface area contributed by atoms with E-state index in [2.05, 4.69) is 20.1 Å². The van der Waals surface area contributed by atoms with Gasteiger partial charge < -0.3 is 14.9 Å². The lowest BCUT2D eigenvalue weighted by molar-refractivity contribution is -0.226. The number of rotatable bonds is 3. The summed E-state index contributed by atoms with van der Waals surface area (Å²) in [5, 5.41) is 24.8. The van der Waals surface area contributed by atoms with Gasteiger partial charge in [-0.1, -0.05) is 10.2 Å². The monoisotopic (exact) mass is 232 g/mol. The van der Waals surface area contributed by atoms with Crippen molar-refractivity contribution in [3.8, 4) is 0 Å². The first-order chi connectivity index (χ1) is 7.61. The topological polar surface area (TPSA) is 147 Å². The van der Waals surface area contributed by atoms with Crippen molar-refractivity contribution >= 4 is 0 Å². The van der Waals surface area contributed by atoms with E-state index >= 15 is 0 Å². The molecule has 2 unspecified atom stereocenters. The molecular formula is C6H9FN6O3. The molecule has 1 aliphatic rings. The molecule has 0 spiro atoms. The number of aliphatic hydroxyl groups excluding tert-OH is 2. The van der Waals surface area contributed by atoms with Crippen molar-refractivity contribution < 1.29 is 19.3 Å². The summed E-state index contributed by atoms with van der Waals surface area (Å²) in [5.41, 5.74) is 16.2. The molecule has 0 aromatic heterocycles. The van der Waals surface area contributed by atoms with Gasteiger partial charge in [-0.25, -0.2) is 4.39 Å². The lowest BCUT2D eigenvalue weighted by Crippen LogP contribution is -2.55. The third-order valence-electron chi connectivity index (χ3n) is 2.15. The molecule has 0 radical (unpaired) electrons. The SMILES string of the molecule is [N-]=[N+]=NC[C@H]1OC(O)C(N=[N+]=[N-])[C@@H](F)[C@H]1O. The number of hydrogen-bond acceptors (Lipinski definition) is 5. The Labute approximate surface area is 88.7 Å². The summed E-state index contributed by atoms with van der Waals surface area (Å²) >= 11 is 0. The van der Waals surface area contributed by atoms with Crippen LogP contribution in [-0.4, -0.2) is 47.5 Å². The van der Waals surface area contributed by atoms with Crippen LogP contribution in [0.4, 0.5) is 4.39 Å². The van der Waals surface area contributed by atoms with Crippen molar-refractivity contribution in [2.45, 2.75) is 30.7 Å². The summed E-state index contributed by atoms with van der Waals surface area (Å²) < 4.78 is 18.2. The Morgan fingerprint density at radius 2 is 2.00 bits per heavy atom. The number of aliphatic hydroxyl groups is 2. The number of nitrogens with zero attached hydrogens (tertiary/aromatic N) is 6. The first-order valence-corrected chi connectivity index (χ1v) is 4.32. The molecular weight excluding hydrogens is 223 g/mol. The second-order valence-electron chi connectivity index (χ2n) is 3.11. The van der Waals surface area contributed by atoms with Crippen LogP contribution in [0.5, 0.6) is 0 Å². The molecule has 16 heavy (non-hydrogen) atoms. The predicted molar refractivity (Wildman–Crippen MR) is 48.7 cm³/mol. The van der Waals surface area contributed by atoms with Crippen LogP contribution in [0.1, 0.15) is 0 Å². The third kappa shape index (κ3) is 2.51. The lowest BCUT2D eigenvalue weighted by atomic mass is 9.99. The van der Waals surface area contributed by atoms with Crippen LogP contribution in [0.3, 0.4) is 0 Å². The highest BCUT2D eigenvalue weighted by atomic mass is 19.1. The van der Waals surface area contributed by atoms with Gasteiger partial charge in [-0.15, -0.1) is 0 Å². The molecule has 88 valence electrons. The number of halogens is 1. The van der Waals surface area contributed by atoms with Crippen LogP contribution in [-0.2, 0) is 4.74 Å². The average molecular weight is 232 g/mol. The molecule has 0 amide bonds. The minimum atomic E-state index is -1.97. The van der Waals surface area contributed by atoms with Gasteiger partial charge in [0.1, 0.15) is 18.3 Å². The van der Waals surface area contributed by atoms with E-state index in [-0.39, 0.29) is 6.54 Å². The van der Waals surface area contributed by atoms with Gasteiger partial charge in [0.15, 0.2) is 6.29 Å². The largest absolute Gasteiger partial charge is 0.387 e. The predicted octanol–water partition coefficient (Wildman–Crippen LogP) is 0.392. The second-order valence-corrected chi connectivity index (χ2v) is 3.11. The maximum Gasteiger partial charge on any atom is 0.166 e. The Hall–Kier alpha value is -1.57. The van der Waals surface area contributed by atoms with E-state index in [1.807, 2.05) is 0 Å². The molecule has 0 aliphatic carbocycles. The van der Waals surface area contributed by atoms with Crippen LogP contribution in [0.15, 0.2) is 10.2 Å². The minimum Gasteiger partial charge on any atom is -0.387 e. The molecule has 1 rings (SSSR count). The number of azide groups is 2. The summed E-state index contributed by atoms with van der Waals surface area (Å²) in [4.78, 5) is 4.75. The van der Waals surface area contributed by atoms with Crippen LogP contribution in [0.25, 0.3) is 20.9 Å². The normalized spacial score (nSPS) is 38.3. The van der Waals surface area contributed by atoms with Gasteiger partial charge >= 0.3 is 0 Å². The zero-order valence-electron chi connectivity index (χ0n) is 7.96. The zero-order chi connectivity index (χ0) is 12.1.